The maximum absolute atomic E-state index is 11.8. The molecule has 0 fully saturated rings. The van der Waals surface area contributed by atoms with Crippen LogP contribution in [-0.2, 0) is 11.2 Å². The van der Waals surface area contributed by atoms with Crippen molar-refractivity contribution >= 4 is 17.5 Å². The molecular weight excluding hydrogens is 242 g/mol. The van der Waals surface area contributed by atoms with Gasteiger partial charge in [0.15, 0.2) is 0 Å². The van der Waals surface area contributed by atoms with Crippen LogP contribution in [0.1, 0.15) is 22.5 Å². The monoisotopic (exact) mass is 257 g/mol. The molecule has 0 radical (unpaired) electrons. The molecule has 2 aromatic rings. The highest BCUT2D eigenvalue weighted by molar-refractivity contribution is 6.02. The molecule has 0 aliphatic heterocycles. The minimum absolute atomic E-state index is 0.150. The van der Waals surface area contributed by atoms with Crippen molar-refractivity contribution in [2.75, 3.05) is 5.32 Å². The third kappa shape index (κ3) is 3.45. The summed E-state index contributed by atoms with van der Waals surface area (Å²) in [5, 5.41) is 2.70. The van der Waals surface area contributed by atoms with Crippen molar-refractivity contribution in [2.24, 2.45) is 5.73 Å². The molecule has 0 saturated carbocycles. The summed E-state index contributed by atoms with van der Waals surface area (Å²) in [6, 6.07) is 10.5. The van der Waals surface area contributed by atoms with E-state index in [4.69, 9.17) is 5.73 Å². The number of benzene rings is 1. The number of amides is 2. The molecule has 2 amide bonds. The van der Waals surface area contributed by atoms with Crippen LogP contribution in [0.4, 0.5) is 5.69 Å². The predicted molar refractivity (Wildman–Crippen MR) is 72.7 cm³/mol. The Labute approximate surface area is 110 Å². The number of rotatable bonds is 5. The van der Waals surface area contributed by atoms with Gasteiger partial charge in [-0.2, -0.15) is 0 Å². The van der Waals surface area contributed by atoms with Gasteiger partial charge in [-0.15, -0.1) is 0 Å². The zero-order valence-corrected chi connectivity index (χ0v) is 10.3. The summed E-state index contributed by atoms with van der Waals surface area (Å²) in [4.78, 5) is 26.1. The Bertz CT molecular complexity index is 576. The summed E-state index contributed by atoms with van der Waals surface area (Å²) >= 11 is 0. The Morgan fingerprint density at radius 2 is 1.95 bits per heavy atom. The number of aromatic nitrogens is 1. The predicted octanol–water partition coefficient (Wildman–Crippen LogP) is 1.68. The third-order valence-corrected chi connectivity index (χ3v) is 2.75. The maximum Gasteiger partial charge on any atom is 0.250 e. The van der Waals surface area contributed by atoms with Crippen LogP contribution >= 0.6 is 0 Å². The van der Waals surface area contributed by atoms with E-state index in [2.05, 4.69) is 10.3 Å². The van der Waals surface area contributed by atoms with Gasteiger partial charge >= 0.3 is 0 Å². The van der Waals surface area contributed by atoms with Crippen LogP contribution in [-0.4, -0.2) is 16.8 Å². The molecule has 1 aromatic heterocycles. The lowest BCUT2D eigenvalue weighted by Gasteiger charge is -2.08. The fraction of sp³-hybridized carbons (Fsp3) is 0.143. The second kappa shape index (κ2) is 5.86. The lowest BCUT2D eigenvalue weighted by molar-refractivity contribution is -0.116. The van der Waals surface area contributed by atoms with E-state index in [-0.39, 0.29) is 5.91 Å². The molecule has 98 valence electrons. The first-order valence-corrected chi connectivity index (χ1v) is 5.98. The van der Waals surface area contributed by atoms with E-state index in [9.17, 15) is 9.59 Å². The quantitative estimate of drug-likeness (QED) is 0.761. The minimum atomic E-state index is -0.555. The number of aromatic amines is 1. The van der Waals surface area contributed by atoms with Gasteiger partial charge in [0.05, 0.1) is 11.3 Å². The molecule has 0 atom stereocenters. The van der Waals surface area contributed by atoms with Gasteiger partial charge in [0, 0.05) is 18.3 Å². The molecule has 1 heterocycles. The second-order valence-corrected chi connectivity index (χ2v) is 4.15. The fourth-order valence-corrected chi connectivity index (χ4v) is 1.79. The zero-order valence-electron chi connectivity index (χ0n) is 10.3. The van der Waals surface area contributed by atoms with Crippen LogP contribution in [0, 0.1) is 0 Å². The number of hydrogen-bond acceptors (Lipinski definition) is 2. The summed E-state index contributed by atoms with van der Waals surface area (Å²) in [6.45, 7) is 0. The first-order chi connectivity index (χ1) is 9.16. The van der Waals surface area contributed by atoms with E-state index >= 15 is 0 Å². The van der Waals surface area contributed by atoms with Gasteiger partial charge in [0.25, 0.3) is 5.91 Å². The number of anilines is 1. The Morgan fingerprint density at radius 1 is 1.16 bits per heavy atom. The molecule has 0 bridgehead atoms. The molecule has 0 aliphatic carbocycles. The molecule has 2 rings (SSSR count). The molecule has 4 N–H and O–H groups in total. The minimum Gasteiger partial charge on any atom is -0.366 e. The molecule has 0 unspecified atom stereocenters. The molecule has 5 nitrogen and oxygen atoms in total. The Hall–Kier alpha value is -2.56. The third-order valence-electron chi connectivity index (χ3n) is 2.75. The van der Waals surface area contributed by atoms with Gasteiger partial charge in [0.1, 0.15) is 0 Å². The molecule has 5 heteroatoms. The average molecular weight is 257 g/mol. The lowest BCUT2D eigenvalue weighted by atomic mass is 10.1. The van der Waals surface area contributed by atoms with Crippen molar-refractivity contribution < 1.29 is 9.59 Å². The summed E-state index contributed by atoms with van der Waals surface area (Å²) < 4.78 is 0. The summed E-state index contributed by atoms with van der Waals surface area (Å²) in [5.41, 5.74) is 7.01. The van der Waals surface area contributed by atoms with E-state index in [1.165, 1.54) is 0 Å². The summed E-state index contributed by atoms with van der Waals surface area (Å²) in [5.74, 6) is -0.705. The lowest BCUT2D eigenvalue weighted by Crippen LogP contribution is -2.18. The standard InChI is InChI=1S/C14H15N3O2/c15-14(19)11-5-1-2-6-12(11)17-13(18)8-7-10-4-3-9-16-10/h1-6,9,16H,7-8H2,(H2,15,19)(H,17,18). The SMILES string of the molecule is NC(=O)c1ccccc1NC(=O)CCc1ccc[nH]1. The van der Waals surface area contributed by atoms with Gasteiger partial charge in [-0.25, -0.2) is 0 Å². The van der Waals surface area contributed by atoms with Crippen molar-refractivity contribution in [1.29, 1.82) is 0 Å². The molecule has 19 heavy (non-hydrogen) atoms. The first-order valence-electron chi connectivity index (χ1n) is 5.98. The van der Waals surface area contributed by atoms with Crippen LogP contribution in [0.15, 0.2) is 42.6 Å². The highest BCUT2D eigenvalue weighted by Crippen LogP contribution is 2.14. The highest BCUT2D eigenvalue weighted by atomic mass is 16.2. The number of carbonyl (C=O) groups excluding carboxylic acids is 2. The number of nitrogens with one attached hydrogen (secondary N) is 2. The van der Waals surface area contributed by atoms with Gasteiger partial charge in [0.2, 0.25) is 5.91 Å². The number of para-hydroxylation sites is 1. The smallest absolute Gasteiger partial charge is 0.250 e. The molecule has 0 aliphatic rings. The highest BCUT2D eigenvalue weighted by Gasteiger charge is 2.10. The first kappa shape index (κ1) is 12.9. The van der Waals surface area contributed by atoms with E-state index in [1.807, 2.05) is 18.3 Å². The number of aryl methyl sites for hydroxylation is 1. The Balaban J connectivity index is 1.97. The average Bonchev–Trinajstić information content (AvgIpc) is 2.90. The van der Waals surface area contributed by atoms with Gasteiger partial charge in [-0.3, -0.25) is 9.59 Å². The van der Waals surface area contributed by atoms with Crippen molar-refractivity contribution in [3.8, 4) is 0 Å². The van der Waals surface area contributed by atoms with Crippen molar-refractivity contribution in [3.63, 3.8) is 0 Å². The van der Waals surface area contributed by atoms with Gasteiger partial charge in [-0.1, -0.05) is 12.1 Å². The van der Waals surface area contributed by atoms with Gasteiger partial charge < -0.3 is 16.0 Å². The van der Waals surface area contributed by atoms with Crippen LogP contribution < -0.4 is 11.1 Å². The van der Waals surface area contributed by atoms with Crippen molar-refractivity contribution in [1.82, 2.24) is 4.98 Å². The fourth-order valence-electron chi connectivity index (χ4n) is 1.79. The van der Waals surface area contributed by atoms with Crippen molar-refractivity contribution in [2.45, 2.75) is 12.8 Å². The topological polar surface area (TPSA) is 88.0 Å². The van der Waals surface area contributed by atoms with Crippen LogP contribution in [0.2, 0.25) is 0 Å². The zero-order chi connectivity index (χ0) is 13.7. The van der Waals surface area contributed by atoms with Crippen LogP contribution in [0.3, 0.4) is 0 Å². The van der Waals surface area contributed by atoms with Crippen LogP contribution in [0.5, 0.6) is 0 Å². The summed E-state index contributed by atoms with van der Waals surface area (Å²) in [6.07, 6.45) is 2.78. The van der Waals surface area contributed by atoms with Crippen LogP contribution in [0.25, 0.3) is 0 Å². The Morgan fingerprint density at radius 3 is 2.63 bits per heavy atom. The van der Waals surface area contributed by atoms with Crippen molar-refractivity contribution in [3.05, 3.63) is 53.9 Å². The Kier molecular flexibility index (Phi) is 3.97. The molecule has 0 spiro atoms. The number of H-pyrrole nitrogens is 1. The van der Waals surface area contributed by atoms with Gasteiger partial charge in [-0.05, 0) is 30.7 Å². The van der Waals surface area contributed by atoms with E-state index in [1.54, 1.807) is 24.3 Å². The molecule has 1 aromatic carbocycles. The normalized spacial score (nSPS) is 10.1. The maximum atomic E-state index is 11.8. The number of nitrogens with two attached hydrogens (primary N) is 1. The summed E-state index contributed by atoms with van der Waals surface area (Å²) in [7, 11) is 0. The molecular formula is C14H15N3O2. The van der Waals surface area contributed by atoms with E-state index in [0.29, 0.717) is 24.1 Å². The number of carbonyl (C=O) groups is 2. The second-order valence-electron chi connectivity index (χ2n) is 4.15. The largest absolute Gasteiger partial charge is 0.366 e. The molecule has 0 saturated heterocycles. The number of hydrogen-bond donors (Lipinski definition) is 3. The number of primary amides is 1. The van der Waals surface area contributed by atoms with E-state index in [0.717, 1.165) is 5.69 Å². The van der Waals surface area contributed by atoms with E-state index < -0.39 is 5.91 Å².